The van der Waals surface area contributed by atoms with Crippen LogP contribution in [0.5, 0.6) is 28.7 Å². The Kier molecular flexibility index (Phi) is 15.9. The fourth-order valence-electron chi connectivity index (χ4n) is 4.01. The number of nitrogens with zero attached hydrogens (tertiary/aromatic N) is 1. The molecule has 0 saturated heterocycles. The number of phenolic OH excluding ortho intramolecular Hbond substituents is 1. The van der Waals surface area contributed by atoms with Crippen LogP contribution in [-0.2, 0) is 20.9 Å². The van der Waals surface area contributed by atoms with Gasteiger partial charge in [0, 0.05) is 55.0 Å². The molecule has 13 nitrogen and oxygen atoms in total. The first-order chi connectivity index (χ1) is 20.8. The van der Waals surface area contributed by atoms with Gasteiger partial charge in [-0.3, -0.25) is 9.69 Å². The first kappa shape index (κ1) is 39.3. The number of carboxylic acid groups (broad SMARTS) is 2. The number of alkyl halides is 3. The summed E-state index contributed by atoms with van der Waals surface area (Å²) in [5.74, 6) is -5.97. The monoisotopic (exact) mass is 711 g/mol. The molecular weight excluding hydrogens is 684 g/mol. The standard InChI is InChI=1S/C22H16O12.C6H12Cl3N.ClH/c1-8-5-12(24)10(6-23)19-15(8)22(31)34-20-11(7-32-14(27)4-3-13(25)26)17(28)16(21(29)30)9(2)18(20)33-19;7-1-4-10(5-2-8)6-3-9;/h3-6,24,28H,7H2,1-2H3,(H,25,26)(H,29,30);1-6H2;1H. The number of fused-ring (bicyclic) bond motifs is 2. The first-order valence-electron chi connectivity index (χ1n) is 12.6. The van der Waals surface area contributed by atoms with E-state index in [0.717, 1.165) is 25.7 Å². The highest BCUT2D eigenvalue weighted by atomic mass is 35.5. The van der Waals surface area contributed by atoms with E-state index in [1.165, 1.54) is 13.8 Å². The van der Waals surface area contributed by atoms with Crippen molar-refractivity contribution in [2.75, 3.05) is 37.3 Å². The molecule has 1 aliphatic rings. The highest BCUT2D eigenvalue weighted by Crippen LogP contribution is 2.50. The van der Waals surface area contributed by atoms with E-state index in [-0.39, 0.29) is 41.1 Å². The molecule has 0 radical (unpaired) electrons. The van der Waals surface area contributed by atoms with Crippen LogP contribution in [0.3, 0.4) is 0 Å². The zero-order valence-electron chi connectivity index (χ0n) is 23.8. The average molecular weight is 713 g/mol. The van der Waals surface area contributed by atoms with Crippen molar-refractivity contribution >= 4 is 77.4 Å². The smallest absolute Gasteiger partial charge is 0.347 e. The van der Waals surface area contributed by atoms with Crippen LogP contribution in [0.25, 0.3) is 0 Å². The van der Waals surface area contributed by atoms with Crippen LogP contribution in [0.2, 0.25) is 0 Å². The molecule has 0 aliphatic carbocycles. The first-order valence-corrected chi connectivity index (χ1v) is 14.2. The second kappa shape index (κ2) is 18.3. The third-order valence-electron chi connectivity index (χ3n) is 6.07. The van der Waals surface area contributed by atoms with Crippen molar-refractivity contribution < 1.29 is 58.6 Å². The predicted octanol–water partition coefficient (Wildman–Crippen LogP) is 4.66. The molecular formula is C28H29Cl4NO12. The van der Waals surface area contributed by atoms with Crippen LogP contribution in [0.1, 0.15) is 47.8 Å². The topological polar surface area (TPSA) is 197 Å². The number of carbonyl (C=O) groups excluding carboxylic acids is 3. The maximum atomic E-state index is 12.9. The quantitative estimate of drug-likeness (QED) is 0.0780. The van der Waals surface area contributed by atoms with Crippen molar-refractivity contribution in [1.82, 2.24) is 4.90 Å². The van der Waals surface area contributed by atoms with Crippen molar-refractivity contribution in [3.8, 4) is 28.7 Å². The molecule has 246 valence electrons. The Hall–Kier alpha value is -3.75. The number of carbonyl (C=O) groups is 5. The number of benzene rings is 2. The number of aldehydes is 1. The number of hydrogen-bond acceptors (Lipinski definition) is 11. The third-order valence-corrected chi connectivity index (χ3v) is 6.58. The average Bonchev–Trinajstić information content (AvgIpc) is 3.09. The molecule has 45 heavy (non-hydrogen) atoms. The lowest BCUT2D eigenvalue weighted by Gasteiger charge is -2.18. The third kappa shape index (κ3) is 9.87. The summed E-state index contributed by atoms with van der Waals surface area (Å²) in [7, 11) is 0. The molecule has 0 bridgehead atoms. The van der Waals surface area contributed by atoms with E-state index >= 15 is 0 Å². The van der Waals surface area contributed by atoms with E-state index in [9.17, 15) is 39.3 Å². The molecule has 0 atom stereocenters. The lowest BCUT2D eigenvalue weighted by Crippen LogP contribution is -2.29. The number of halogens is 4. The van der Waals surface area contributed by atoms with Gasteiger partial charge in [0.15, 0.2) is 23.5 Å². The van der Waals surface area contributed by atoms with Gasteiger partial charge in [-0.1, -0.05) is 0 Å². The summed E-state index contributed by atoms with van der Waals surface area (Å²) in [5, 5.41) is 38.9. The number of aromatic hydroxyl groups is 2. The summed E-state index contributed by atoms with van der Waals surface area (Å²) in [5.41, 5.74) is -1.80. The number of aromatic carboxylic acids is 1. The Morgan fingerprint density at radius 1 is 0.933 bits per heavy atom. The molecule has 2 aromatic rings. The van der Waals surface area contributed by atoms with E-state index in [1.54, 1.807) is 0 Å². The molecule has 0 fully saturated rings. The van der Waals surface area contributed by atoms with Crippen LogP contribution < -0.4 is 9.47 Å². The Morgan fingerprint density at radius 3 is 2.00 bits per heavy atom. The Morgan fingerprint density at radius 2 is 1.51 bits per heavy atom. The molecule has 17 heteroatoms. The minimum absolute atomic E-state index is 0. The van der Waals surface area contributed by atoms with Crippen molar-refractivity contribution in [1.29, 1.82) is 0 Å². The van der Waals surface area contributed by atoms with Gasteiger partial charge in [0.1, 0.15) is 29.2 Å². The molecule has 0 saturated carbocycles. The molecule has 4 N–H and O–H groups in total. The normalized spacial score (nSPS) is 11.6. The number of carboxylic acids is 2. The largest absolute Gasteiger partial charge is 0.507 e. The summed E-state index contributed by atoms with van der Waals surface area (Å²) in [6, 6.07) is 1.13. The van der Waals surface area contributed by atoms with Gasteiger partial charge in [0.05, 0.1) is 11.1 Å². The van der Waals surface area contributed by atoms with E-state index < -0.39 is 70.2 Å². The highest BCUT2D eigenvalue weighted by Gasteiger charge is 2.35. The Bertz CT molecular complexity index is 1460. The van der Waals surface area contributed by atoms with Gasteiger partial charge in [-0.25, -0.2) is 19.2 Å². The van der Waals surface area contributed by atoms with Crippen molar-refractivity contribution in [2.45, 2.75) is 20.5 Å². The van der Waals surface area contributed by atoms with Gasteiger partial charge >= 0.3 is 23.9 Å². The van der Waals surface area contributed by atoms with Gasteiger partial charge in [-0.05, 0) is 25.5 Å². The fraction of sp³-hybridized carbons (Fsp3) is 0.321. The van der Waals surface area contributed by atoms with Crippen molar-refractivity contribution in [2.24, 2.45) is 0 Å². The number of esters is 2. The number of phenols is 2. The van der Waals surface area contributed by atoms with E-state index in [4.69, 9.17) is 54.1 Å². The maximum Gasteiger partial charge on any atom is 0.347 e. The number of ether oxygens (including phenoxy) is 3. The van der Waals surface area contributed by atoms with Gasteiger partial charge in [-0.15, -0.1) is 47.2 Å². The number of aliphatic carboxylic acids is 1. The summed E-state index contributed by atoms with van der Waals surface area (Å²) < 4.78 is 15.9. The molecule has 0 aromatic heterocycles. The minimum atomic E-state index is -1.60. The molecule has 1 heterocycles. The number of rotatable bonds is 12. The van der Waals surface area contributed by atoms with Gasteiger partial charge < -0.3 is 34.6 Å². The van der Waals surface area contributed by atoms with E-state index in [1.807, 2.05) is 0 Å². The molecule has 2 aromatic carbocycles. The highest BCUT2D eigenvalue weighted by molar-refractivity contribution is 6.18. The lowest BCUT2D eigenvalue weighted by molar-refractivity contribution is -0.139. The summed E-state index contributed by atoms with van der Waals surface area (Å²) in [6.07, 6.45) is 1.30. The summed E-state index contributed by atoms with van der Waals surface area (Å²) >= 11 is 16.6. The van der Waals surface area contributed by atoms with Crippen LogP contribution in [0.4, 0.5) is 0 Å². The zero-order chi connectivity index (χ0) is 33.1. The fourth-order valence-corrected chi connectivity index (χ4v) is 4.73. The molecule has 3 rings (SSSR count). The van der Waals surface area contributed by atoms with Crippen LogP contribution in [0, 0.1) is 13.8 Å². The minimum Gasteiger partial charge on any atom is -0.507 e. The summed E-state index contributed by atoms with van der Waals surface area (Å²) in [6.45, 7) is 4.46. The van der Waals surface area contributed by atoms with Gasteiger partial charge in [0.25, 0.3) is 0 Å². The lowest BCUT2D eigenvalue weighted by atomic mass is 10.0. The second-order valence-electron chi connectivity index (χ2n) is 8.92. The van der Waals surface area contributed by atoms with Crippen molar-refractivity contribution in [3.63, 3.8) is 0 Å². The molecule has 1 aliphatic heterocycles. The van der Waals surface area contributed by atoms with E-state index in [0.29, 0.717) is 29.8 Å². The Labute approximate surface area is 278 Å². The second-order valence-corrected chi connectivity index (χ2v) is 10.1. The van der Waals surface area contributed by atoms with Crippen molar-refractivity contribution in [3.05, 3.63) is 51.6 Å². The van der Waals surface area contributed by atoms with Crippen LogP contribution >= 0.6 is 47.2 Å². The number of aryl methyl sites for hydroxylation is 1. The molecule has 0 amide bonds. The molecule has 0 unspecified atom stereocenters. The molecule has 0 spiro atoms. The SMILES string of the molecule is Cc1cc(O)c(C=O)c2c1C(=O)Oc1c(COC(=O)C=CC(=O)O)c(O)c(C(=O)O)c(C)c1O2.Cl.ClCCN(CCCl)CCCl. The van der Waals surface area contributed by atoms with Crippen LogP contribution in [-0.4, -0.2) is 92.8 Å². The summed E-state index contributed by atoms with van der Waals surface area (Å²) in [4.78, 5) is 60.8. The number of hydrogen-bond donors (Lipinski definition) is 4. The Balaban J connectivity index is 0.000000794. The zero-order valence-corrected chi connectivity index (χ0v) is 26.9. The maximum absolute atomic E-state index is 12.9. The predicted molar refractivity (Wildman–Crippen MR) is 165 cm³/mol. The van der Waals surface area contributed by atoms with E-state index in [2.05, 4.69) is 4.90 Å². The van der Waals surface area contributed by atoms with Crippen LogP contribution in [0.15, 0.2) is 18.2 Å². The van der Waals surface area contributed by atoms with Gasteiger partial charge in [0.2, 0.25) is 0 Å². The van der Waals surface area contributed by atoms with Gasteiger partial charge in [-0.2, -0.15) is 0 Å².